The summed E-state index contributed by atoms with van der Waals surface area (Å²) in [5.41, 5.74) is 0. The summed E-state index contributed by atoms with van der Waals surface area (Å²) in [6, 6.07) is 0.418. The van der Waals surface area contributed by atoms with E-state index in [1.165, 1.54) is 0 Å². The molecule has 0 aromatic carbocycles. The minimum absolute atomic E-state index is 0.0956. The summed E-state index contributed by atoms with van der Waals surface area (Å²) >= 11 is 0. The van der Waals surface area contributed by atoms with Gasteiger partial charge in [0.15, 0.2) is 0 Å². The number of hydrogen-bond donors (Lipinski definition) is 0. The van der Waals surface area contributed by atoms with Crippen LogP contribution in [0.15, 0.2) is 11.8 Å². The second kappa shape index (κ2) is 5.57. The van der Waals surface area contributed by atoms with Crippen molar-refractivity contribution < 1.29 is 14.0 Å². The summed E-state index contributed by atoms with van der Waals surface area (Å²) in [5, 5.41) is 0. The zero-order chi connectivity index (χ0) is 14.0. The predicted molar refractivity (Wildman–Crippen MR) is 77.4 cm³/mol. The van der Waals surface area contributed by atoms with E-state index in [-0.39, 0.29) is 12.1 Å². The second-order valence-corrected chi connectivity index (χ2v) is 10.7. The lowest BCUT2D eigenvalue weighted by Gasteiger charge is -2.31. The molecule has 2 aliphatic rings. The molecule has 108 valence electrons. The maximum atomic E-state index is 12.2. The first-order valence-corrected chi connectivity index (χ1v) is 10.7. The van der Waals surface area contributed by atoms with Crippen molar-refractivity contribution in [1.82, 2.24) is 4.90 Å². The highest BCUT2D eigenvalue weighted by atomic mass is 28.4. The minimum Gasteiger partial charge on any atom is -0.546 e. The van der Waals surface area contributed by atoms with Crippen LogP contribution >= 0.6 is 0 Å². The number of ether oxygens (including phenoxy) is 1. The summed E-state index contributed by atoms with van der Waals surface area (Å²) < 4.78 is 11.4. The first-order valence-electron chi connectivity index (χ1n) is 7.26. The van der Waals surface area contributed by atoms with E-state index in [1.807, 2.05) is 11.8 Å². The Kier molecular flexibility index (Phi) is 4.23. The molecule has 0 N–H and O–H groups in total. The van der Waals surface area contributed by atoms with Crippen LogP contribution in [0.25, 0.3) is 0 Å². The van der Waals surface area contributed by atoms with Crippen LogP contribution in [-0.2, 0) is 9.16 Å². The lowest BCUT2D eigenvalue weighted by molar-refractivity contribution is 0.0873. The molecule has 0 radical (unpaired) electrons. The summed E-state index contributed by atoms with van der Waals surface area (Å²) in [5.74, 6) is 1.01. The minimum atomic E-state index is -1.64. The zero-order valence-electron chi connectivity index (χ0n) is 12.4. The van der Waals surface area contributed by atoms with Gasteiger partial charge in [0.2, 0.25) is 8.32 Å². The second-order valence-electron chi connectivity index (χ2n) is 6.25. The molecule has 2 bridgehead atoms. The molecule has 1 fully saturated rings. The third-order valence-corrected chi connectivity index (χ3v) is 4.43. The molecule has 0 saturated carbocycles. The third kappa shape index (κ3) is 3.32. The number of amides is 1. The molecule has 19 heavy (non-hydrogen) atoms. The fraction of sp³-hybridized carbons (Fsp3) is 0.786. The van der Waals surface area contributed by atoms with Crippen LogP contribution in [0.1, 0.15) is 32.6 Å². The Bertz CT molecular complexity index is 375. The maximum absolute atomic E-state index is 12.2. The number of allylic oxidation sites excluding steroid dienone is 1. The smallest absolute Gasteiger partial charge is 0.410 e. The number of carbonyl (C=O) groups is 1. The molecule has 0 unspecified atom stereocenters. The van der Waals surface area contributed by atoms with Gasteiger partial charge >= 0.3 is 6.09 Å². The van der Waals surface area contributed by atoms with Crippen molar-refractivity contribution in [3.63, 3.8) is 0 Å². The highest BCUT2D eigenvalue weighted by Crippen LogP contribution is 2.36. The number of carbonyl (C=O) groups excluding carboxylic acids is 1. The SMILES string of the molecule is CCOC(=O)N1[C@@H]2CCC=C(O[Si](C)(C)C)[C@H]1CC2. The first-order chi connectivity index (χ1) is 8.92. The van der Waals surface area contributed by atoms with E-state index in [0.29, 0.717) is 12.6 Å². The summed E-state index contributed by atoms with van der Waals surface area (Å²) in [6.45, 7) is 8.83. The molecule has 2 atom stereocenters. The zero-order valence-corrected chi connectivity index (χ0v) is 13.4. The Labute approximate surface area is 116 Å². The van der Waals surface area contributed by atoms with Crippen molar-refractivity contribution in [1.29, 1.82) is 0 Å². The molecule has 2 rings (SSSR count). The van der Waals surface area contributed by atoms with Crippen molar-refractivity contribution >= 4 is 14.4 Å². The number of fused-ring (bicyclic) bond motifs is 2. The van der Waals surface area contributed by atoms with Gasteiger partial charge in [-0.2, -0.15) is 0 Å². The van der Waals surface area contributed by atoms with Gasteiger partial charge in [-0.05, 0) is 58.3 Å². The highest BCUT2D eigenvalue weighted by Gasteiger charge is 2.42. The summed E-state index contributed by atoms with van der Waals surface area (Å²) in [4.78, 5) is 14.1. The van der Waals surface area contributed by atoms with Crippen molar-refractivity contribution in [3.8, 4) is 0 Å². The fourth-order valence-corrected chi connectivity index (χ4v) is 3.86. The van der Waals surface area contributed by atoms with Crippen LogP contribution in [0.2, 0.25) is 19.6 Å². The van der Waals surface area contributed by atoms with Crippen molar-refractivity contribution in [2.24, 2.45) is 0 Å². The molecule has 0 spiro atoms. The van der Waals surface area contributed by atoms with Crippen LogP contribution in [0.5, 0.6) is 0 Å². The number of nitrogens with zero attached hydrogens (tertiary/aromatic N) is 1. The predicted octanol–water partition coefficient (Wildman–Crippen LogP) is 3.51. The largest absolute Gasteiger partial charge is 0.546 e. The van der Waals surface area contributed by atoms with Gasteiger partial charge in [0.25, 0.3) is 0 Å². The Balaban J connectivity index is 2.18. The van der Waals surface area contributed by atoms with Gasteiger partial charge in [0.1, 0.15) is 0 Å². The Morgan fingerprint density at radius 3 is 2.74 bits per heavy atom. The van der Waals surface area contributed by atoms with Crippen molar-refractivity contribution in [2.45, 2.75) is 64.3 Å². The number of rotatable bonds is 3. The molecular weight excluding hydrogens is 258 g/mol. The number of hydrogen-bond acceptors (Lipinski definition) is 3. The van der Waals surface area contributed by atoms with Gasteiger partial charge in [0, 0.05) is 6.04 Å². The van der Waals surface area contributed by atoms with Crippen LogP contribution in [0.4, 0.5) is 4.79 Å². The van der Waals surface area contributed by atoms with Gasteiger partial charge in [-0.1, -0.05) is 0 Å². The van der Waals surface area contributed by atoms with Gasteiger partial charge in [-0.3, -0.25) is 4.90 Å². The Morgan fingerprint density at radius 1 is 1.37 bits per heavy atom. The standard InChI is InChI=1S/C14H25NO3Si/c1-5-17-14(16)15-11-7-6-8-13(12(15)10-9-11)18-19(2,3)4/h8,11-12H,5-7,9-10H2,1-4H3/t11-,12-/m1/s1. The maximum Gasteiger partial charge on any atom is 0.410 e. The first kappa shape index (κ1) is 14.4. The molecule has 0 aromatic rings. The lowest BCUT2D eigenvalue weighted by Crippen LogP contribution is -2.43. The van der Waals surface area contributed by atoms with E-state index in [4.69, 9.17) is 9.16 Å². The monoisotopic (exact) mass is 283 g/mol. The van der Waals surface area contributed by atoms with Crippen LogP contribution in [-0.4, -0.2) is 38.0 Å². The van der Waals surface area contributed by atoms with E-state index < -0.39 is 8.32 Å². The van der Waals surface area contributed by atoms with Crippen molar-refractivity contribution in [2.75, 3.05) is 6.61 Å². The van der Waals surface area contributed by atoms with E-state index in [1.54, 1.807) is 0 Å². The average molecular weight is 283 g/mol. The molecule has 5 heteroatoms. The van der Waals surface area contributed by atoms with Crippen LogP contribution in [0.3, 0.4) is 0 Å². The molecule has 2 aliphatic heterocycles. The normalized spacial score (nSPS) is 26.7. The molecule has 4 nitrogen and oxygen atoms in total. The van der Waals surface area contributed by atoms with Gasteiger partial charge in [-0.25, -0.2) is 4.79 Å². The lowest BCUT2D eigenvalue weighted by atomic mass is 10.1. The van der Waals surface area contributed by atoms with Gasteiger partial charge in [-0.15, -0.1) is 0 Å². The molecular formula is C14H25NO3Si. The van der Waals surface area contributed by atoms with Gasteiger partial charge < -0.3 is 9.16 Å². The molecule has 1 saturated heterocycles. The van der Waals surface area contributed by atoms with Crippen molar-refractivity contribution in [3.05, 3.63) is 11.8 Å². The Hall–Kier alpha value is -0.973. The molecule has 0 aliphatic carbocycles. The topological polar surface area (TPSA) is 38.8 Å². The Morgan fingerprint density at radius 2 is 2.11 bits per heavy atom. The molecule has 0 aromatic heterocycles. The van der Waals surface area contributed by atoms with E-state index >= 15 is 0 Å². The van der Waals surface area contributed by atoms with Crippen LogP contribution < -0.4 is 0 Å². The van der Waals surface area contributed by atoms with E-state index in [0.717, 1.165) is 31.4 Å². The average Bonchev–Trinajstić information content (AvgIpc) is 2.61. The highest BCUT2D eigenvalue weighted by molar-refractivity contribution is 6.70. The molecule has 2 heterocycles. The summed E-state index contributed by atoms with van der Waals surface area (Å²) in [7, 11) is -1.64. The van der Waals surface area contributed by atoms with Crippen LogP contribution in [0, 0.1) is 0 Å². The van der Waals surface area contributed by atoms with E-state index in [2.05, 4.69) is 25.7 Å². The fourth-order valence-electron chi connectivity index (χ4n) is 2.94. The van der Waals surface area contributed by atoms with E-state index in [9.17, 15) is 4.79 Å². The quantitative estimate of drug-likeness (QED) is 0.744. The summed E-state index contributed by atoms with van der Waals surface area (Å²) in [6.07, 6.45) is 6.09. The molecule has 1 amide bonds. The third-order valence-electron chi connectivity index (χ3n) is 3.58. The van der Waals surface area contributed by atoms with Gasteiger partial charge in [0.05, 0.1) is 18.4 Å².